The summed E-state index contributed by atoms with van der Waals surface area (Å²) in [6.07, 6.45) is 4.57. The van der Waals surface area contributed by atoms with Gasteiger partial charge in [-0.05, 0) is 79.2 Å². The Balaban J connectivity index is 1.47. The monoisotopic (exact) mass is 906 g/mol. The van der Waals surface area contributed by atoms with E-state index >= 15 is 0 Å². The number of carbonyl (C=O) groups excluding carboxylic acids is 4. The average Bonchev–Trinajstić information content (AvgIpc) is 3.94. The van der Waals surface area contributed by atoms with E-state index in [9.17, 15) is 19.2 Å². The molecule has 0 bridgehead atoms. The Bertz CT molecular complexity index is 1810. The van der Waals surface area contributed by atoms with E-state index in [1.54, 1.807) is 37.9 Å². The SMILES string of the molecule is CC[C@H](C)[C@@H]([C@@H](CC(=O)N1CCC[C@H]1[C@H](OC)[C@@H](C)C(=O)N[C@@H](Cc1ccccc1)C1SC=CN1C)OC)N(C)C(=O)[C@@H](NC(=O)[C@H](C(C)C)N(C)CCc1ccc(N)cc1)C(C)C. The van der Waals surface area contributed by atoms with Crippen LogP contribution in [0.3, 0.4) is 0 Å². The fraction of sp³-hybridized carbons (Fsp3) is 0.640. The first-order chi connectivity index (χ1) is 30.4. The molecule has 14 heteroatoms. The molecule has 1 unspecified atom stereocenters. The Kier molecular flexibility index (Phi) is 20.5. The zero-order valence-electron chi connectivity index (χ0n) is 40.7. The van der Waals surface area contributed by atoms with Crippen molar-refractivity contribution in [3.8, 4) is 0 Å². The van der Waals surface area contributed by atoms with Crippen molar-refractivity contribution >= 4 is 41.1 Å². The molecule has 4 N–H and O–H groups in total. The molecule has 2 heterocycles. The van der Waals surface area contributed by atoms with Gasteiger partial charge in [-0.3, -0.25) is 24.1 Å². The topological polar surface area (TPSA) is 150 Å². The van der Waals surface area contributed by atoms with Crippen molar-refractivity contribution in [2.45, 2.75) is 135 Å². The van der Waals surface area contributed by atoms with Crippen LogP contribution in [0.25, 0.3) is 0 Å². The first-order valence-corrected chi connectivity index (χ1v) is 24.2. The second-order valence-electron chi connectivity index (χ2n) is 18.8. The molecule has 2 aliphatic rings. The van der Waals surface area contributed by atoms with Gasteiger partial charge in [-0.2, -0.15) is 0 Å². The molecule has 4 rings (SSSR count). The van der Waals surface area contributed by atoms with Crippen LogP contribution < -0.4 is 16.4 Å². The van der Waals surface area contributed by atoms with Gasteiger partial charge in [0.25, 0.3) is 0 Å². The number of benzene rings is 2. The number of ether oxygens (including phenoxy) is 2. The summed E-state index contributed by atoms with van der Waals surface area (Å²) in [4.78, 5) is 65.1. The second-order valence-corrected chi connectivity index (χ2v) is 19.8. The van der Waals surface area contributed by atoms with E-state index < -0.39 is 36.3 Å². The summed E-state index contributed by atoms with van der Waals surface area (Å²) in [6.45, 7) is 15.1. The number of nitrogen functional groups attached to an aromatic ring is 1. The number of amides is 4. The predicted molar refractivity (Wildman–Crippen MR) is 259 cm³/mol. The summed E-state index contributed by atoms with van der Waals surface area (Å²) in [5.74, 6) is -1.42. The smallest absolute Gasteiger partial charge is 0.245 e. The third-order valence-corrected chi connectivity index (χ3v) is 14.7. The molecule has 13 nitrogen and oxygen atoms in total. The molecule has 64 heavy (non-hydrogen) atoms. The molecule has 10 atom stereocenters. The number of nitrogens with one attached hydrogen (secondary N) is 2. The van der Waals surface area contributed by atoms with Crippen LogP contribution in [-0.2, 0) is 41.5 Å². The number of hydrogen-bond donors (Lipinski definition) is 3. The minimum Gasteiger partial charge on any atom is -0.399 e. The van der Waals surface area contributed by atoms with E-state index in [-0.39, 0.29) is 65.3 Å². The maximum Gasteiger partial charge on any atom is 0.245 e. The zero-order valence-corrected chi connectivity index (χ0v) is 41.5. The molecule has 0 aromatic heterocycles. The van der Waals surface area contributed by atoms with Crippen molar-refractivity contribution in [2.75, 3.05) is 54.2 Å². The highest BCUT2D eigenvalue weighted by Crippen LogP contribution is 2.32. The number of hydrogen-bond acceptors (Lipinski definition) is 10. The van der Waals surface area contributed by atoms with Gasteiger partial charge in [-0.25, -0.2) is 0 Å². The van der Waals surface area contributed by atoms with Gasteiger partial charge in [-0.15, -0.1) is 11.8 Å². The maximum atomic E-state index is 14.6. The number of nitrogens with two attached hydrogens (primary N) is 1. The highest BCUT2D eigenvalue weighted by molar-refractivity contribution is 8.02. The number of nitrogens with zero attached hydrogens (tertiary/aromatic N) is 4. The molecule has 0 radical (unpaired) electrons. The van der Waals surface area contributed by atoms with Crippen molar-refractivity contribution in [1.29, 1.82) is 0 Å². The van der Waals surface area contributed by atoms with Gasteiger partial charge >= 0.3 is 0 Å². The summed E-state index contributed by atoms with van der Waals surface area (Å²) >= 11 is 1.69. The third kappa shape index (κ3) is 13.7. The Morgan fingerprint density at radius 2 is 1.56 bits per heavy atom. The quantitative estimate of drug-likeness (QED) is 0.107. The largest absolute Gasteiger partial charge is 0.399 e. The van der Waals surface area contributed by atoms with E-state index in [1.165, 1.54) is 0 Å². The lowest BCUT2D eigenvalue weighted by molar-refractivity contribution is -0.148. The highest BCUT2D eigenvalue weighted by atomic mass is 32.2. The van der Waals surface area contributed by atoms with Crippen molar-refractivity contribution in [2.24, 2.45) is 23.7 Å². The Hall–Kier alpha value is -4.11. The number of likely N-dealkylation sites (N-methyl/N-ethyl adjacent to an activating group) is 3. The van der Waals surface area contributed by atoms with Crippen molar-refractivity contribution < 1.29 is 28.7 Å². The zero-order chi connectivity index (χ0) is 47.2. The fourth-order valence-electron chi connectivity index (χ4n) is 9.59. The molecule has 1 fully saturated rings. The van der Waals surface area contributed by atoms with Crippen molar-refractivity contribution in [3.05, 3.63) is 77.3 Å². The number of carbonyl (C=O) groups is 4. The van der Waals surface area contributed by atoms with Crippen LogP contribution >= 0.6 is 11.8 Å². The first kappa shape index (κ1) is 52.5. The number of anilines is 1. The predicted octanol–water partition coefficient (Wildman–Crippen LogP) is 6.03. The van der Waals surface area contributed by atoms with Crippen LogP contribution in [0, 0.1) is 23.7 Å². The lowest BCUT2D eigenvalue weighted by atomic mass is 9.89. The van der Waals surface area contributed by atoms with Crippen molar-refractivity contribution in [3.63, 3.8) is 0 Å². The second kappa shape index (κ2) is 25.0. The van der Waals surface area contributed by atoms with Gasteiger partial charge in [0.1, 0.15) is 6.04 Å². The molecule has 356 valence electrons. The standard InChI is InChI=1S/C50H79N7O6S/c1-13-34(6)45(56(10)49(61)43(32(2)3)53-48(60)44(33(4)5)54(8)27-25-36-21-23-38(51)24-22-36)41(62-11)31-42(58)57-26-17-20-40(57)46(63-12)35(7)47(59)52-39(50-55(9)28-29-64-50)30-37-18-15-14-16-19-37/h14-16,18-19,21-24,28-29,32-35,39-41,43-46,50H,13,17,20,25-27,30-31,51H2,1-12H3,(H,52,59)(H,53,60)/t34-,35+,39-,40-,41+,43-,44-,45-,46+,50?/m0/s1. The number of methoxy groups -OCH3 is 2. The molecule has 0 spiro atoms. The lowest BCUT2D eigenvalue weighted by Gasteiger charge is -2.41. The molecule has 2 aromatic rings. The summed E-state index contributed by atoms with van der Waals surface area (Å²) in [5, 5.41) is 8.61. The Labute approximate surface area is 388 Å². The number of rotatable bonds is 24. The van der Waals surface area contributed by atoms with Gasteiger partial charge in [0.2, 0.25) is 23.6 Å². The highest BCUT2D eigenvalue weighted by Gasteiger charge is 2.44. The van der Waals surface area contributed by atoms with Gasteiger partial charge in [0, 0.05) is 53.3 Å². The van der Waals surface area contributed by atoms with Crippen LogP contribution in [0.1, 0.15) is 85.3 Å². The average molecular weight is 906 g/mol. The molecule has 2 aliphatic heterocycles. The first-order valence-electron chi connectivity index (χ1n) is 23.3. The summed E-state index contributed by atoms with van der Waals surface area (Å²) in [7, 11) is 8.94. The van der Waals surface area contributed by atoms with Gasteiger partial charge in [-0.1, -0.05) is 97.4 Å². The Morgan fingerprint density at radius 3 is 2.12 bits per heavy atom. The molecule has 4 amide bonds. The fourth-order valence-corrected chi connectivity index (χ4v) is 10.6. The molecule has 2 aromatic carbocycles. The van der Waals surface area contributed by atoms with Crippen molar-refractivity contribution in [1.82, 2.24) is 30.2 Å². The molecule has 0 aliphatic carbocycles. The normalized spacial score (nSPS) is 20.2. The van der Waals surface area contributed by atoms with Gasteiger partial charge < -0.3 is 40.5 Å². The van der Waals surface area contributed by atoms with Crippen LogP contribution in [0.2, 0.25) is 0 Å². The third-order valence-electron chi connectivity index (χ3n) is 13.5. The minimum atomic E-state index is -0.793. The lowest BCUT2D eigenvalue weighted by Crippen LogP contribution is -2.60. The Morgan fingerprint density at radius 1 is 0.891 bits per heavy atom. The van der Waals surface area contributed by atoms with Crippen LogP contribution in [0.5, 0.6) is 0 Å². The summed E-state index contributed by atoms with van der Waals surface area (Å²) in [5.41, 5.74) is 8.87. The van der Waals surface area contributed by atoms with E-state index in [1.807, 2.05) is 102 Å². The molecular weight excluding hydrogens is 827 g/mol. The van der Waals surface area contributed by atoms with Gasteiger partial charge in [0.05, 0.1) is 54.1 Å². The number of thioether (sulfide) groups is 1. The summed E-state index contributed by atoms with van der Waals surface area (Å²) in [6, 6.07) is 15.8. The minimum absolute atomic E-state index is 0.00885. The molecule has 0 saturated carbocycles. The van der Waals surface area contributed by atoms with E-state index in [2.05, 4.69) is 51.8 Å². The molecular formula is C50H79N7O6S. The maximum absolute atomic E-state index is 14.6. The summed E-state index contributed by atoms with van der Waals surface area (Å²) < 4.78 is 12.2. The van der Waals surface area contributed by atoms with Crippen LogP contribution in [-0.4, -0.2) is 139 Å². The van der Waals surface area contributed by atoms with E-state index in [0.717, 1.165) is 30.4 Å². The van der Waals surface area contributed by atoms with E-state index in [4.69, 9.17) is 15.2 Å². The van der Waals surface area contributed by atoms with E-state index in [0.29, 0.717) is 31.6 Å². The number of likely N-dealkylation sites (tertiary alicyclic amines) is 1. The van der Waals surface area contributed by atoms with Gasteiger partial charge in [0.15, 0.2) is 0 Å². The van der Waals surface area contributed by atoms with Crippen LogP contribution in [0.4, 0.5) is 5.69 Å². The molecule has 1 saturated heterocycles. The van der Waals surface area contributed by atoms with Crippen LogP contribution in [0.15, 0.2) is 66.2 Å².